The lowest BCUT2D eigenvalue weighted by Gasteiger charge is -2.07. The van der Waals surface area contributed by atoms with Crippen molar-refractivity contribution in [2.45, 2.75) is 17.2 Å². The van der Waals surface area contributed by atoms with E-state index in [1.807, 2.05) is 0 Å². The number of halogens is 2. The standard InChI is InChI=1S/C9H11ClFNO2S/c1-7(10)6-12-15(13,14)9-4-2-8(11)3-5-9/h2-5,7,12H,6H2,1H3. The van der Waals surface area contributed by atoms with Crippen molar-refractivity contribution in [2.75, 3.05) is 6.54 Å². The van der Waals surface area contributed by atoms with Crippen LogP contribution in [0, 0.1) is 5.82 Å². The van der Waals surface area contributed by atoms with Crippen molar-refractivity contribution in [1.29, 1.82) is 0 Å². The molecular weight excluding hydrogens is 241 g/mol. The topological polar surface area (TPSA) is 46.2 Å². The Morgan fingerprint density at radius 3 is 2.40 bits per heavy atom. The molecule has 0 heterocycles. The molecule has 0 aliphatic rings. The first-order chi connectivity index (χ1) is 6.92. The van der Waals surface area contributed by atoms with Crippen molar-refractivity contribution in [3.63, 3.8) is 0 Å². The van der Waals surface area contributed by atoms with E-state index in [0.29, 0.717) is 0 Å². The number of nitrogens with one attached hydrogen (secondary N) is 1. The Labute approximate surface area is 93.3 Å². The largest absolute Gasteiger partial charge is 0.240 e. The van der Waals surface area contributed by atoms with Crippen LogP contribution in [-0.2, 0) is 10.0 Å². The molecule has 0 aliphatic carbocycles. The van der Waals surface area contributed by atoms with Crippen molar-refractivity contribution < 1.29 is 12.8 Å². The zero-order chi connectivity index (χ0) is 11.5. The second-order valence-corrected chi connectivity index (χ2v) is 5.60. The molecule has 1 unspecified atom stereocenters. The van der Waals surface area contributed by atoms with E-state index < -0.39 is 15.8 Å². The minimum absolute atomic E-state index is 0.0289. The van der Waals surface area contributed by atoms with Gasteiger partial charge in [-0.05, 0) is 31.2 Å². The fraction of sp³-hybridized carbons (Fsp3) is 0.333. The van der Waals surface area contributed by atoms with E-state index in [1.54, 1.807) is 6.92 Å². The number of sulfonamides is 1. The van der Waals surface area contributed by atoms with E-state index in [1.165, 1.54) is 12.1 Å². The van der Waals surface area contributed by atoms with Gasteiger partial charge in [0.25, 0.3) is 0 Å². The molecule has 0 saturated carbocycles. The average Bonchev–Trinajstić information content (AvgIpc) is 2.16. The van der Waals surface area contributed by atoms with Gasteiger partial charge in [-0.2, -0.15) is 0 Å². The summed E-state index contributed by atoms with van der Waals surface area (Å²) in [6.07, 6.45) is 0. The normalized spacial score (nSPS) is 13.8. The summed E-state index contributed by atoms with van der Waals surface area (Å²) in [5.74, 6) is -0.473. The summed E-state index contributed by atoms with van der Waals surface area (Å²) in [5.41, 5.74) is 0. The lowest BCUT2D eigenvalue weighted by Crippen LogP contribution is -2.28. The summed E-state index contributed by atoms with van der Waals surface area (Å²) in [6.45, 7) is 1.82. The highest BCUT2D eigenvalue weighted by atomic mass is 35.5. The third-order valence-electron chi connectivity index (χ3n) is 1.68. The van der Waals surface area contributed by atoms with Crippen molar-refractivity contribution in [3.8, 4) is 0 Å². The summed E-state index contributed by atoms with van der Waals surface area (Å²) in [4.78, 5) is 0.0289. The number of benzene rings is 1. The van der Waals surface area contributed by atoms with E-state index >= 15 is 0 Å². The van der Waals surface area contributed by atoms with Gasteiger partial charge in [-0.15, -0.1) is 11.6 Å². The molecule has 1 rings (SSSR count). The van der Waals surface area contributed by atoms with E-state index in [2.05, 4.69) is 4.72 Å². The maximum atomic E-state index is 12.6. The molecule has 0 spiro atoms. The second kappa shape index (κ2) is 4.92. The van der Waals surface area contributed by atoms with Gasteiger partial charge in [-0.1, -0.05) is 0 Å². The number of hydrogen-bond acceptors (Lipinski definition) is 2. The predicted molar refractivity (Wildman–Crippen MR) is 56.9 cm³/mol. The molecule has 1 aromatic carbocycles. The summed E-state index contributed by atoms with van der Waals surface area (Å²) < 4.78 is 38.0. The Hall–Kier alpha value is -0.650. The molecule has 84 valence electrons. The van der Waals surface area contributed by atoms with Gasteiger partial charge < -0.3 is 0 Å². The van der Waals surface area contributed by atoms with Crippen molar-refractivity contribution in [1.82, 2.24) is 4.72 Å². The average molecular weight is 252 g/mol. The van der Waals surface area contributed by atoms with Gasteiger partial charge in [0, 0.05) is 11.9 Å². The van der Waals surface area contributed by atoms with Crippen LogP contribution in [0.2, 0.25) is 0 Å². The number of hydrogen-bond donors (Lipinski definition) is 1. The highest BCUT2D eigenvalue weighted by Gasteiger charge is 2.13. The van der Waals surface area contributed by atoms with Crippen LogP contribution in [0.3, 0.4) is 0 Å². The lowest BCUT2D eigenvalue weighted by molar-refractivity contribution is 0.580. The van der Waals surface area contributed by atoms with Crippen LogP contribution in [0.1, 0.15) is 6.92 Å². The zero-order valence-corrected chi connectivity index (χ0v) is 9.65. The van der Waals surface area contributed by atoms with Crippen LogP contribution in [0.4, 0.5) is 4.39 Å². The number of rotatable bonds is 4. The lowest BCUT2D eigenvalue weighted by atomic mass is 10.4. The van der Waals surface area contributed by atoms with Gasteiger partial charge in [0.2, 0.25) is 10.0 Å². The van der Waals surface area contributed by atoms with Crippen LogP contribution >= 0.6 is 11.6 Å². The van der Waals surface area contributed by atoms with E-state index in [4.69, 9.17) is 11.6 Å². The molecule has 1 aromatic rings. The molecule has 0 radical (unpaired) electrons. The third kappa shape index (κ3) is 3.77. The first-order valence-corrected chi connectivity index (χ1v) is 6.23. The predicted octanol–water partition coefficient (Wildman–Crippen LogP) is 1.73. The Morgan fingerprint density at radius 1 is 1.40 bits per heavy atom. The Kier molecular flexibility index (Phi) is 4.07. The maximum absolute atomic E-state index is 12.6. The maximum Gasteiger partial charge on any atom is 0.240 e. The van der Waals surface area contributed by atoms with Crippen molar-refractivity contribution in [3.05, 3.63) is 30.1 Å². The number of alkyl halides is 1. The first-order valence-electron chi connectivity index (χ1n) is 4.31. The molecule has 1 atom stereocenters. The van der Waals surface area contributed by atoms with E-state index in [9.17, 15) is 12.8 Å². The molecule has 0 aliphatic heterocycles. The Balaban J connectivity index is 2.82. The quantitative estimate of drug-likeness (QED) is 0.829. The van der Waals surface area contributed by atoms with Crippen LogP contribution in [0.5, 0.6) is 0 Å². The van der Waals surface area contributed by atoms with Gasteiger partial charge in [0.1, 0.15) is 5.82 Å². The molecule has 1 N–H and O–H groups in total. The highest BCUT2D eigenvalue weighted by molar-refractivity contribution is 7.89. The summed E-state index contributed by atoms with van der Waals surface area (Å²) in [7, 11) is -3.57. The minimum Gasteiger partial charge on any atom is -0.210 e. The summed E-state index contributed by atoms with van der Waals surface area (Å²) in [6, 6.07) is 4.60. The van der Waals surface area contributed by atoms with Gasteiger partial charge in [-0.3, -0.25) is 0 Å². The fourth-order valence-corrected chi connectivity index (χ4v) is 2.22. The molecule has 3 nitrogen and oxygen atoms in total. The summed E-state index contributed by atoms with van der Waals surface area (Å²) in [5, 5.41) is -0.291. The van der Waals surface area contributed by atoms with Crippen LogP contribution in [-0.4, -0.2) is 20.3 Å². The molecule has 0 fully saturated rings. The molecule has 0 saturated heterocycles. The molecule has 0 amide bonds. The van der Waals surface area contributed by atoms with Crippen molar-refractivity contribution in [2.24, 2.45) is 0 Å². The first kappa shape index (κ1) is 12.4. The Morgan fingerprint density at radius 2 is 1.93 bits per heavy atom. The van der Waals surface area contributed by atoms with Gasteiger partial charge in [0.05, 0.1) is 4.90 Å². The molecule has 0 aromatic heterocycles. The van der Waals surface area contributed by atoms with E-state index in [-0.39, 0.29) is 16.8 Å². The molecule has 6 heteroatoms. The minimum atomic E-state index is -3.57. The second-order valence-electron chi connectivity index (χ2n) is 3.09. The van der Waals surface area contributed by atoms with Gasteiger partial charge in [-0.25, -0.2) is 17.5 Å². The fourth-order valence-electron chi connectivity index (χ4n) is 0.922. The molecule has 0 bridgehead atoms. The zero-order valence-electron chi connectivity index (χ0n) is 8.07. The van der Waals surface area contributed by atoms with Crippen molar-refractivity contribution >= 4 is 21.6 Å². The smallest absolute Gasteiger partial charge is 0.210 e. The SMILES string of the molecule is CC(Cl)CNS(=O)(=O)c1ccc(F)cc1. The monoisotopic (exact) mass is 251 g/mol. The van der Waals surface area contributed by atoms with Gasteiger partial charge >= 0.3 is 0 Å². The summed E-state index contributed by atoms with van der Waals surface area (Å²) >= 11 is 5.61. The molecular formula is C9H11ClFNO2S. The van der Waals surface area contributed by atoms with Gasteiger partial charge in [0.15, 0.2) is 0 Å². The third-order valence-corrected chi connectivity index (χ3v) is 3.27. The van der Waals surface area contributed by atoms with Crippen LogP contribution in [0.15, 0.2) is 29.2 Å². The highest BCUT2D eigenvalue weighted by Crippen LogP contribution is 2.09. The van der Waals surface area contributed by atoms with Crippen LogP contribution in [0.25, 0.3) is 0 Å². The van der Waals surface area contributed by atoms with E-state index in [0.717, 1.165) is 12.1 Å². The van der Waals surface area contributed by atoms with Crippen LogP contribution < -0.4 is 4.72 Å². The molecule has 15 heavy (non-hydrogen) atoms. The Bertz CT molecular complexity index is 416.